The van der Waals surface area contributed by atoms with E-state index >= 15 is 0 Å². The highest BCUT2D eigenvalue weighted by molar-refractivity contribution is 9.10. The van der Waals surface area contributed by atoms with Crippen LogP contribution >= 0.6 is 28.3 Å². The molecule has 1 spiro atoms. The molecule has 0 saturated carbocycles. The molecule has 0 aromatic heterocycles. The molecule has 2 atom stereocenters. The fraction of sp³-hybridized carbons (Fsp3) is 0.533. The van der Waals surface area contributed by atoms with Gasteiger partial charge in [0.15, 0.2) is 0 Å². The number of halogens is 2. The SMILES string of the molecule is CC(C)C(=O)N1CC(CN2CCC3(CC2)CCN(Cc2ccc(Br)cc2)C3=O)C(c2ccccc2)C1.Cl. The van der Waals surface area contributed by atoms with Crippen molar-refractivity contribution in [3.05, 3.63) is 70.2 Å². The van der Waals surface area contributed by atoms with Crippen LogP contribution in [0.3, 0.4) is 0 Å². The number of carbonyl (C=O) groups excluding carboxylic acids is 2. The molecule has 0 bridgehead atoms. The van der Waals surface area contributed by atoms with E-state index in [1.165, 1.54) is 11.1 Å². The lowest BCUT2D eigenvalue weighted by atomic mass is 9.76. The topological polar surface area (TPSA) is 43.9 Å². The molecule has 3 heterocycles. The molecule has 5 nitrogen and oxygen atoms in total. The van der Waals surface area contributed by atoms with Crippen LogP contribution in [-0.4, -0.2) is 65.8 Å². The Bertz CT molecular complexity index is 1070. The molecule has 2 unspecified atom stereocenters. The summed E-state index contributed by atoms with van der Waals surface area (Å²) in [6, 6.07) is 19.0. The highest BCUT2D eigenvalue weighted by atomic mass is 79.9. The Labute approximate surface area is 236 Å². The van der Waals surface area contributed by atoms with Gasteiger partial charge < -0.3 is 14.7 Å². The zero-order chi connectivity index (χ0) is 25.3. The molecule has 0 radical (unpaired) electrons. The van der Waals surface area contributed by atoms with E-state index in [2.05, 4.69) is 73.1 Å². The summed E-state index contributed by atoms with van der Waals surface area (Å²) < 4.78 is 1.07. The second-order valence-corrected chi connectivity index (χ2v) is 12.3. The monoisotopic (exact) mass is 587 g/mol. The normalized spacial score (nSPS) is 23.6. The molecule has 0 aliphatic carbocycles. The van der Waals surface area contributed by atoms with Crippen LogP contribution in [0, 0.1) is 17.3 Å². The number of carbonyl (C=O) groups is 2. The number of piperidine rings is 1. The van der Waals surface area contributed by atoms with Gasteiger partial charge in [-0.15, -0.1) is 12.4 Å². The molecule has 5 rings (SSSR count). The summed E-state index contributed by atoms with van der Waals surface area (Å²) >= 11 is 3.49. The smallest absolute Gasteiger partial charge is 0.229 e. The van der Waals surface area contributed by atoms with Crippen LogP contribution < -0.4 is 0 Å². The van der Waals surface area contributed by atoms with Gasteiger partial charge in [0.05, 0.1) is 5.41 Å². The minimum absolute atomic E-state index is 0. The van der Waals surface area contributed by atoms with E-state index in [-0.39, 0.29) is 29.6 Å². The van der Waals surface area contributed by atoms with Crippen LogP contribution in [0.25, 0.3) is 0 Å². The van der Waals surface area contributed by atoms with E-state index in [9.17, 15) is 9.59 Å². The summed E-state index contributed by atoms with van der Waals surface area (Å²) in [5.41, 5.74) is 2.35. The molecule has 200 valence electrons. The molecular weight excluding hydrogens is 550 g/mol. The van der Waals surface area contributed by atoms with Gasteiger partial charge in [0.2, 0.25) is 11.8 Å². The van der Waals surface area contributed by atoms with E-state index in [1.807, 2.05) is 26.0 Å². The Balaban J connectivity index is 0.00000320. The van der Waals surface area contributed by atoms with Crippen LogP contribution in [0.4, 0.5) is 0 Å². The number of amides is 2. The Kier molecular flexibility index (Phi) is 9.03. The highest BCUT2D eigenvalue weighted by Crippen LogP contribution is 2.43. The van der Waals surface area contributed by atoms with Crippen LogP contribution in [-0.2, 0) is 16.1 Å². The van der Waals surface area contributed by atoms with E-state index in [0.717, 1.165) is 63.0 Å². The highest BCUT2D eigenvalue weighted by Gasteiger charge is 2.48. The number of likely N-dealkylation sites (tertiary alicyclic amines) is 3. The molecule has 3 aliphatic heterocycles. The molecule has 3 aliphatic rings. The summed E-state index contributed by atoms with van der Waals surface area (Å²) in [6.45, 7) is 10.1. The van der Waals surface area contributed by atoms with Crippen molar-refractivity contribution in [1.29, 1.82) is 0 Å². The fourth-order valence-corrected chi connectivity index (χ4v) is 6.76. The maximum atomic E-state index is 13.5. The van der Waals surface area contributed by atoms with Gasteiger partial charge in [-0.05, 0) is 61.5 Å². The van der Waals surface area contributed by atoms with Crippen LogP contribution in [0.1, 0.15) is 50.2 Å². The number of benzene rings is 2. The van der Waals surface area contributed by atoms with Crippen molar-refractivity contribution in [2.45, 2.75) is 45.6 Å². The van der Waals surface area contributed by atoms with Crippen LogP contribution in [0.15, 0.2) is 59.1 Å². The Morgan fingerprint density at radius 3 is 2.27 bits per heavy atom. The quantitative estimate of drug-likeness (QED) is 0.442. The molecule has 2 aromatic carbocycles. The average Bonchev–Trinajstić information content (AvgIpc) is 3.44. The first-order valence-electron chi connectivity index (χ1n) is 13.4. The minimum atomic E-state index is -0.181. The number of rotatable bonds is 6. The zero-order valence-electron chi connectivity index (χ0n) is 21.9. The molecule has 2 amide bonds. The van der Waals surface area contributed by atoms with Gasteiger partial charge in [0, 0.05) is 49.0 Å². The Morgan fingerprint density at radius 1 is 0.973 bits per heavy atom. The van der Waals surface area contributed by atoms with Crippen molar-refractivity contribution in [3.8, 4) is 0 Å². The number of nitrogens with zero attached hydrogens (tertiary/aromatic N) is 3. The van der Waals surface area contributed by atoms with Gasteiger partial charge in [0.25, 0.3) is 0 Å². The average molecular weight is 589 g/mol. The first-order valence-corrected chi connectivity index (χ1v) is 14.2. The molecule has 37 heavy (non-hydrogen) atoms. The third kappa shape index (κ3) is 6.07. The van der Waals surface area contributed by atoms with Crippen molar-refractivity contribution in [3.63, 3.8) is 0 Å². The second kappa shape index (κ2) is 11.9. The predicted molar refractivity (Wildman–Crippen MR) is 154 cm³/mol. The summed E-state index contributed by atoms with van der Waals surface area (Å²) in [5, 5.41) is 0. The Morgan fingerprint density at radius 2 is 1.62 bits per heavy atom. The molecule has 3 saturated heterocycles. The zero-order valence-corrected chi connectivity index (χ0v) is 24.3. The lowest BCUT2D eigenvalue weighted by Crippen LogP contribution is -2.46. The van der Waals surface area contributed by atoms with Gasteiger partial charge in [-0.1, -0.05) is 72.2 Å². The molecule has 3 fully saturated rings. The Hall–Kier alpha value is -1.89. The summed E-state index contributed by atoms with van der Waals surface area (Å²) in [4.78, 5) is 33.0. The van der Waals surface area contributed by atoms with E-state index < -0.39 is 0 Å². The largest absolute Gasteiger partial charge is 0.342 e. The van der Waals surface area contributed by atoms with Crippen molar-refractivity contribution in [2.75, 3.05) is 39.3 Å². The van der Waals surface area contributed by atoms with Crippen LogP contribution in [0.2, 0.25) is 0 Å². The lowest BCUT2D eigenvalue weighted by Gasteiger charge is -2.39. The second-order valence-electron chi connectivity index (χ2n) is 11.4. The summed E-state index contributed by atoms with van der Waals surface area (Å²) in [6.07, 6.45) is 2.86. The molecular formula is C30H39BrClN3O2. The standard InChI is InChI=1S/C30H38BrN3O2.ClH/c1-22(2)28(35)34-20-25(27(21-34)24-6-4-3-5-7-24)19-32-15-12-30(13-16-32)14-17-33(29(30)36)18-23-8-10-26(31)11-9-23;/h3-11,22,25,27H,12-21H2,1-2H3;1H. The van der Waals surface area contributed by atoms with E-state index in [4.69, 9.17) is 0 Å². The van der Waals surface area contributed by atoms with E-state index in [0.29, 0.717) is 24.3 Å². The van der Waals surface area contributed by atoms with E-state index in [1.54, 1.807) is 0 Å². The summed E-state index contributed by atoms with van der Waals surface area (Å²) in [7, 11) is 0. The molecule has 7 heteroatoms. The third-order valence-corrected chi connectivity index (χ3v) is 9.20. The van der Waals surface area contributed by atoms with Gasteiger partial charge in [-0.3, -0.25) is 9.59 Å². The van der Waals surface area contributed by atoms with Gasteiger partial charge in [0.1, 0.15) is 0 Å². The number of hydrogen-bond acceptors (Lipinski definition) is 3. The fourth-order valence-electron chi connectivity index (χ4n) is 6.49. The van der Waals surface area contributed by atoms with Crippen molar-refractivity contribution in [1.82, 2.24) is 14.7 Å². The van der Waals surface area contributed by atoms with Crippen molar-refractivity contribution < 1.29 is 9.59 Å². The predicted octanol–water partition coefficient (Wildman–Crippen LogP) is 5.58. The molecule has 2 aromatic rings. The third-order valence-electron chi connectivity index (χ3n) is 8.67. The first kappa shape index (κ1) is 28.1. The van der Waals surface area contributed by atoms with Gasteiger partial charge in [-0.25, -0.2) is 0 Å². The molecule has 0 N–H and O–H groups in total. The maximum absolute atomic E-state index is 13.5. The van der Waals surface area contributed by atoms with Gasteiger partial charge >= 0.3 is 0 Å². The van der Waals surface area contributed by atoms with Crippen LogP contribution in [0.5, 0.6) is 0 Å². The number of hydrogen-bond donors (Lipinski definition) is 0. The maximum Gasteiger partial charge on any atom is 0.229 e. The summed E-state index contributed by atoms with van der Waals surface area (Å²) in [5.74, 6) is 1.45. The first-order chi connectivity index (χ1) is 17.3. The van der Waals surface area contributed by atoms with Crippen molar-refractivity contribution in [2.24, 2.45) is 17.3 Å². The minimum Gasteiger partial charge on any atom is -0.342 e. The lowest BCUT2D eigenvalue weighted by molar-refractivity contribution is -0.139. The van der Waals surface area contributed by atoms with Gasteiger partial charge in [-0.2, -0.15) is 0 Å². The van der Waals surface area contributed by atoms with Crippen molar-refractivity contribution >= 4 is 40.2 Å².